The van der Waals surface area contributed by atoms with Gasteiger partial charge in [-0.15, -0.1) is 0 Å². The third-order valence-electron chi connectivity index (χ3n) is 2.74. The van der Waals surface area contributed by atoms with Crippen molar-refractivity contribution in [3.05, 3.63) is 35.4 Å². The first-order valence-electron chi connectivity index (χ1n) is 6.66. The lowest BCUT2D eigenvalue weighted by atomic mass is 10.1. The predicted octanol–water partition coefficient (Wildman–Crippen LogP) is 1.97. The van der Waals surface area contributed by atoms with E-state index in [0.717, 1.165) is 12.5 Å². The summed E-state index contributed by atoms with van der Waals surface area (Å²) in [6.45, 7) is 2.40. The number of aliphatic hydroxyl groups is 1. The van der Waals surface area contributed by atoms with Gasteiger partial charge in [0.05, 0.1) is 6.10 Å². The molecule has 6 heteroatoms. The molecule has 0 radical (unpaired) electrons. The summed E-state index contributed by atoms with van der Waals surface area (Å²) in [5.74, 6) is -1.26. The van der Waals surface area contributed by atoms with Gasteiger partial charge in [0.15, 0.2) is 0 Å². The number of carbonyl (C=O) groups excluding carboxylic acids is 1. The summed E-state index contributed by atoms with van der Waals surface area (Å²) in [6.07, 6.45) is 1.25. The van der Waals surface area contributed by atoms with Crippen LogP contribution in [0.5, 0.6) is 0 Å². The molecule has 4 nitrogen and oxygen atoms in total. The summed E-state index contributed by atoms with van der Waals surface area (Å²) in [7, 11) is 0. The highest BCUT2D eigenvalue weighted by Crippen LogP contribution is 2.07. The molecule has 1 unspecified atom stereocenters. The number of benzene rings is 1. The molecule has 0 heterocycles. The molecule has 0 saturated heterocycles. The molecule has 0 aliphatic carbocycles. The highest BCUT2D eigenvalue weighted by Gasteiger charge is 2.06. The maximum absolute atomic E-state index is 12.9. The molecule has 0 aliphatic rings. The lowest BCUT2D eigenvalue weighted by molar-refractivity contribution is 0.160. The Morgan fingerprint density at radius 3 is 2.50 bits per heavy atom. The Balaban J connectivity index is 2.24. The molecule has 0 aliphatic heterocycles. The fraction of sp³-hybridized carbons (Fsp3) is 0.500. The van der Waals surface area contributed by atoms with Crippen LogP contribution < -0.4 is 10.6 Å². The first-order valence-corrected chi connectivity index (χ1v) is 6.66. The van der Waals surface area contributed by atoms with E-state index in [4.69, 9.17) is 0 Å². The fourth-order valence-corrected chi connectivity index (χ4v) is 1.78. The van der Waals surface area contributed by atoms with Crippen LogP contribution in [0.15, 0.2) is 18.2 Å². The second-order valence-electron chi connectivity index (χ2n) is 4.61. The molecule has 112 valence electrons. The number of nitrogens with one attached hydrogen (secondary N) is 2. The average molecular weight is 286 g/mol. The maximum Gasteiger partial charge on any atom is 0.314 e. The molecule has 0 fully saturated rings. The Kier molecular flexibility index (Phi) is 6.93. The number of amides is 2. The van der Waals surface area contributed by atoms with E-state index in [1.54, 1.807) is 0 Å². The molecular formula is C14H20F2N2O2. The van der Waals surface area contributed by atoms with E-state index in [0.29, 0.717) is 18.4 Å². The van der Waals surface area contributed by atoms with Gasteiger partial charge in [-0.3, -0.25) is 0 Å². The van der Waals surface area contributed by atoms with Crippen molar-refractivity contribution < 1.29 is 18.7 Å². The van der Waals surface area contributed by atoms with Gasteiger partial charge in [0.2, 0.25) is 0 Å². The van der Waals surface area contributed by atoms with Gasteiger partial charge in [-0.05, 0) is 30.5 Å². The highest BCUT2D eigenvalue weighted by molar-refractivity contribution is 5.73. The van der Waals surface area contributed by atoms with E-state index in [2.05, 4.69) is 10.6 Å². The van der Waals surface area contributed by atoms with Crippen molar-refractivity contribution >= 4 is 6.03 Å². The van der Waals surface area contributed by atoms with Gasteiger partial charge < -0.3 is 15.7 Å². The third-order valence-corrected chi connectivity index (χ3v) is 2.74. The van der Waals surface area contributed by atoms with Gasteiger partial charge in [0.25, 0.3) is 0 Å². The monoisotopic (exact) mass is 286 g/mol. The van der Waals surface area contributed by atoms with Gasteiger partial charge in [0, 0.05) is 19.2 Å². The van der Waals surface area contributed by atoms with Crippen molar-refractivity contribution in [2.75, 3.05) is 13.1 Å². The van der Waals surface area contributed by atoms with Crippen LogP contribution in [0.4, 0.5) is 13.6 Å². The number of urea groups is 1. The van der Waals surface area contributed by atoms with Crippen LogP contribution in [-0.4, -0.2) is 30.3 Å². The molecule has 20 heavy (non-hydrogen) atoms. The largest absolute Gasteiger partial charge is 0.391 e. The third kappa shape index (κ3) is 6.47. The van der Waals surface area contributed by atoms with Crippen molar-refractivity contribution in [3.63, 3.8) is 0 Å². The quantitative estimate of drug-likeness (QED) is 0.717. The molecule has 1 atom stereocenters. The molecular weight excluding hydrogens is 266 g/mol. The van der Waals surface area contributed by atoms with E-state index in [-0.39, 0.29) is 13.1 Å². The number of hydrogen-bond donors (Lipinski definition) is 3. The lowest BCUT2D eigenvalue weighted by Crippen LogP contribution is -2.40. The smallest absolute Gasteiger partial charge is 0.314 e. The minimum atomic E-state index is -0.632. The zero-order chi connectivity index (χ0) is 15.0. The van der Waals surface area contributed by atoms with Gasteiger partial charge in [0.1, 0.15) is 11.6 Å². The Morgan fingerprint density at radius 2 is 1.90 bits per heavy atom. The van der Waals surface area contributed by atoms with Crippen molar-refractivity contribution in [1.29, 1.82) is 0 Å². The molecule has 1 aromatic rings. The Labute approximate surface area is 117 Å². The van der Waals surface area contributed by atoms with Crippen molar-refractivity contribution in [2.24, 2.45) is 0 Å². The summed E-state index contributed by atoms with van der Waals surface area (Å²) in [4.78, 5) is 11.4. The van der Waals surface area contributed by atoms with Crippen LogP contribution in [0, 0.1) is 11.6 Å². The Morgan fingerprint density at radius 1 is 1.25 bits per heavy atom. The zero-order valence-electron chi connectivity index (χ0n) is 11.5. The van der Waals surface area contributed by atoms with Gasteiger partial charge >= 0.3 is 6.03 Å². The zero-order valence-corrected chi connectivity index (χ0v) is 11.5. The molecule has 0 spiro atoms. The number of rotatable bonds is 7. The van der Waals surface area contributed by atoms with E-state index in [1.165, 1.54) is 12.1 Å². The van der Waals surface area contributed by atoms with Crippen LogP contribution in [0.3, 0.4) is 0 Å². The molecule has 2 amide bonds. The maximum atomic E-state index is 12.9. The van der Waals surface area contributed by atoms with Crippen molar-refractivity contribution in [3.8, 4) is 0 Å². The first-order chi connectivity index (χ1) is 9.51. The van der Waals surface area contributed by atoms with Gasteiger partial charge in [-0.1, -0.05) is 13.3 Å². The van der Waals surface area contributed by atoms with Gasteiger partial charge in [-0.2, -0.15) is 0 Å². The van der Waals surface area contributed by atoms with Crippen LogP contribution in [-0.2, 0) is 6.42 Å². The number of hydrogen-bond acceptors (Lipinski definition) is 2. The van der Waals surface area contributed by atoms with E-state index >= 15 is 0 Å². The number of carbonyl (C=O) groups is 1. The predicted molar refractivity (Wildman–Crippen MR) is 72.4 cm³/mol. The van der Waals surface area contributed by atoms with Crippen LogP contribution in [0.25, 0.3) is 0 Å². The first kappa shape index (κ1) is 16.4. The van der Waals surface area contributed by atoms with Crippen LogP contribution in [0.1, 0.15) is 25.3 Å². The lowest BCUT2D eigenvalue weighted by Gasteiger charge is -2.11. The molecule has 1 rings (SSSR count). The van der Waals surface area contributed by atoms with Crippen LogP contribution in [0.2, 0.25) is 0 Å². The minimum absolute atomic E-state index is 0.189. The normalized spacial score (nSPS) is 12.0. The molecule has 0 aromatic heterocycles. The summed E-state index contributed by atoms with van der Waals surface area (Å²) >= 11 is 0. The second-order valence-corrected chi connectivity index (χ2v) is 4.61. The Bertz CT molecular complexity index is 421. The molecule has 0 bridgehead atoms. The van der Waals surface area contributed by atoms with Crippen LogP contribution >= 0.6 is 0 Å². The summed E-state index contributed by atoms with van der Waals surface area (Å²) in [5, 5.41) is 14.5. The van der Waals surface area contributed by atoms with E-state index in [9.17, 15) is 18.7 Å². The molecule has 3 N–H and O–H groups in total. The standard InChI is InChI=1S/C14H20F2N2O2/c1-2-3-13(19)9-18-14(20)17-5-4-10-6-11(15)8-12(16)7-10/h6-8,13,19H,2-5,9H2,1H3,(H2,17,18,20). The molecule has 0 saturated carbocycles. The number of aliphatic hydroxyl groups excluding tert-OH is 1. The SMILES string of the molecule is CCCC(O)CNC(=O)NCCc1cc(F)cc(F)c1. The van der Waals surface area contributed by atoms with Crippen molar-refractivity contribution in [2.45, 2.75) is 32.3 Å². The summed E-state index contributed by atoms with van der Waals surface area (Å²) < 4.78 is 25.9. The van der Waals surface area contributed by atoms with Gasteiger partial charge in [-0.25, -0.2) is 13.6 Å². The minimum Gasteiger partial charge on any atom is -0.391 e. The Hall–Kier alpha value is -1.69. The average Bonchev–Trinajstić information content (AvgIpc) is 2.35. The topological polar surface area (TPSA) is 61.4 Å². The fourth-order valence-electron chi connectivity index (χ4n) is 1.78. The summed E-state index contributed by atoms with van der Waals surface area (Å²) in [6, 6.07) is 2.86. The summed E-state index contributed by atoms with van der Waals surface area (Å²) in [5.41, 5.74) is 0.480. The van der Waals surface area contributed by atoms with Crippen molar-refractivity contribution in [1.82, 2.24) is 10.6 Å². The van der Waals surface area contributed by atoms with E-state index in [1.807, 2.05) is 6.92 Å². The van der Waals surface area contributed by atoms with E-state index < -0.39 is 23.8 Å². The highest BCUT2D eigenvalue weighted by atomic mass is 19.1. The second kappa shape index (κ2) is 8.47. The molecule has 1 aromatic carbocycles. The number of halogens is 2.